The summed E-state index contributed by atoms with van der Waals surface area (Å²) in [5, 5.41) is 19.9. The summed E-state index contributed by atoms with van der Waals surface area (Å²) in [4.78, 5) is 16.3. The normalized spacial score (nSPS) is 14.8. The van der Waals surface area contributed by atoms with Gasteiger partial charge in [0.05, 0.1) is 11.3 Å². The number of carbonyl (C=O) groups excluding carboxylic acids is 1. The summed E-state index contributed by atoms with van der Waals surface area (Å²) in [5.74, 6) is 0.126. The first-order chi connectivity index (χ1) is 11.1. The zero-order chi connectivity index (χ0) is 16.4. The largest absolute Gasteiger partial charge is 0.507 e. The van der Waals surface area contributed by atoms with Gasteiger partial charge in [-0.25, -0.2) is 0 Å². The highest BCUT2D eigenvalue weighted by Gasteiger charge is 2.24. The Hall–Kier alpha value is -2.69. The van der Waals surface area contributed by atoms with Crippen LogP contribution in [0.25, 0.3) is 0 Å². The van der Waals surface area contributed by atoms with Crippen molar-refractivity contribution >= 4 is 11.6 Å². The van der Waals surface area contributed by atoms with Gasteiger partial charge in [0.2, 0.25) is 0 Å². The summed E-state index contributed by atoms with van der Waals surface area (Å²) >= 11 is 0. The van der Waals surface area contributed by atoms with E-state index in [1.165, 1.54) is 0 Å². The molecule has 1 aliphatic heterocycles. The van der Waals surface area contributed by atoms with Gasteiger partial charge in [-0.15, -0.1) is 0 Å². The fourth-order valence-corrected chi connectivity index (χ4v) is 2.87. The van der Waals surface area contributed by atoms with Crippen molar-refractivity contribution in [1.29, 1.82) is 0 Å². The van der Waals surface area contributed by atoms with E-state index in [2.05, 4.69) is 4.90 Å². The van der Waals surface area contributed by atoms with Gasteiger partial charge in [0.25, 0.3) is 5.91 Å². The van der Waals surface area contributed by atoms with Crippen LogP contribution in [0.5, 0.6) is 11.5 Å². The molecule has 2 N–H and O–H groups in total. The summed E-state index contributed by atoms with van der Waals surface area (Å²) < 4.78 is 0. The van der Waals surface area contributed by atoms with Gasteiger partial charge in [-0.1, -0.05) is 18.2 Å². The molecule has 5 heteroatoms. The smallest absolute Gasteiger partial charge is 0.257 e. The number of phenolic OH excluding ortho intramolecular Hbond substituents is 2. The lowest BCUT2D eigenvalue weighted by molar-refractivity contribution is 0.0743. The molecule has 0 aromatic heterocycles. The highest BCUT2D eigenvalue weighted by Crippen LogP contribution is 2.28. The number of amides is 1. The zero-order valence-electron chi connectivity index (χ0n) is 13.1. The van der Waals surface area contributed by atoms with Crippen molar-refractivity contribution in [1.82, 2.24) is 4.90 Å². The number of piperazine rings is 1. The van der Waals surface area contributed by atoms with E-state index >= 15 is 0 Å². The summed E-state index contributed by atoms with van der Waals surface area (Å²) in [5.41, 5.74) is 2.05. The number of rotatable bonds is 2. The molecule has 0 atom stereocenters. The lowest BCUT2D eigenvalue weighted by Gasteiger charge is -2.36. The average Bonchev–Trinajstić information content (AvgIpc) is 2.55. The molecule has 1 amide bonds. The molecule has 0 spiro atoms. The van der Waals surface area contributed by atoms with E-state index in [9.17, 15) is 15.0 Å². The number of hydrogen-bond acceptors (Lipinski definition) is 4. The first kappa shape index (κ1) is 15.2. The van der Waals surface area contributed by atoms with Crippen LogP contribution >= 0.6 is 0 Å². The molecule has 5 nitrogen and oxygen atoms in total. The molecule has 0 radical (unpaired) electrons. The maximum absolute atomic E-state index is 12.5. The molecule has 0 saturated carbocycles. The minimum Gasteiger partial charge on any atom is -0.507 e. The molecule has 120 valence electrons. The third-order valence-corrected chi connectivity index (χ3v) is 4.17. The molecular formula is C18H20N2O3. The Balaban J connectivity index is 1.69. The third-order valence-electron chi connectivity index (χ3n) is 4.17. The van der Waals surface area contributed by atoms with Crippen molar-refractivity contribution in [3.8, 4) is 11.5 Å². The maximum Gasteiger partial charge on any atom is 0.257 e. The van der Waals surface area contributed by atoms with E-state index in [0.717, 1.165) is 11.3 Å². The molecule has 3 rings (SSSR count). The van der Waals surface area contributed by atoms with Gasteiger partial charge >= 0.3 is 0 Å². The maximum atomic E-state index is 12.5. The summed E-state index contributed by atoms with van der Waals surface area (Å²) in [6, 6.07) is 12.3. The van der Waals surface area contributed by atoms with Crippen LogP contribution in [0.3, 0.4) is 0 Å². The van der Waals surface area contributed by atoms with Crippen LogP contribution in [0, 0.1) is 6.92 Å². The summed E-state index contributed by atoms with van der Waals surface area (Å²) in [6.07, 6.45) is 0. The highest BCUT2D eigenvalue weighted by atomic mass is 16.3. The van der Waals surface area contributed by atoms with Crippen LogP contribution in [0.2, 0.25) is 0 Å². The molecule has 2 aromatic carbocycles. The van der Waals surface area contributed by atoms with Crippen LogP contribution < -0.4 is 4.90 Å². The van der Waals surface area contributed by atoms with Gasteiger partial charge < -0.3 is 20.0 Å². The quantitative estimate of drug-likeness (QED) is 0.893. The Bertz CT molecular complexity index is 722. The van der Waals surface area contributed by atoms with E-state index in [4.69, 9.17) is 0 Å². The van der Waals surface area contributed by atoms with Crippen LogP contribution in [-0.2, 0) is 0 Å². The van der Waals surface area contributed by atoms with Crippen molar-refractivity contribution in [2.75, 3.05) is 31.1 Å². The van der Waals surface area contributed by atoms with Crippen molar-refractivity contribution in [3.05, 3.63) is 53.6 Å². The van der Waals surface area contributed by atoms with Crippen LogP contribution in [0.15, 0.2) is 42.5 Å². The van der Waals surface area contributed by atoms with Crippen LogP contribution in [0.1, 0.15) is 15.9 Å². The van der Waals surface area contributed by atoms with E-state index in [0.29, 0.717) is 31.7 Å². The zero-order valence-corrected chi connectivity index (χ0v) is 13.1. The minimum atomic E-state index is -0.153. The standard InChI is InChI=1S/C18H20N2O3/c1-13-6-7-14(17(22)12-13)18(23)20-10-8-19(9-11-20)15-4-2-3-5-16(15)21/h2-7,12,21-22H,8-11H2,1H3. The van der Waals surface area contributed by atoms with Crippen LogP contribution in [-0.4, -0.2) is 47.2 Å². The number of para-hydroxylation sites is 2. The topological polar surface area (TPSA) is 64.0 Å². The van der Waals surface area contributed by atoms with Crippen molar-refractivity contribution in [2.24, 2.45) is 0 Å². The number of aryl methyl sites for hydroxylation is 1. The number of carbonyl (C=O) groups is 1. The summed E-state index contributed by atoms with van der Waals surface area (Å²) in [6.45, 7) is 4.28. The molecule has 1 heterocycles. The van der Waals surface area contributed by atoms with E-state index < -0.39 is 0 Å². The second kappa shape index (κ2) is 6.20. The Morgan fingerprint density at radius 3 is 2.30 bits per heavy atom. The lowest BCUT2D eigenvalue weighted by atomic mass is 10.1. The first-order valence-corrected chi connectivity index (χ1v) is 7.68. The molecule has 0 unspecified atom stereocenters. The predicted molar refractivity (Wildman–Crippen MR) is 89.1 cm³/mol. The molecule has 0 aliphatic carbocycles. The molecule has 2 aromatic rings. The molecular weight excluding hydrogens is 292 g/mol. The molecule has 1 saturated heterocycles. The Morgan fingerprint density at radius 1 is 0.957 bits per heavy atom. The van der Waals surface area contributed by atoms with E-state index in [1.54, 1.807) is 29.2 Å². The number of nitrogens with zero attached hydrogens (tertiary/aromatic N) is 2. The average molecular weight is 312 g/mol. The number of benzene rings is 2. The first-order valence-electron chi connectivity index (χ1n) is 7.68. The second-order valence-corrected chi connectivity index (χ2v) is 5.79. The van der Waals surface area contributed by atoms with Crippen LogP contribution in [0.4, 0.5) is 5.69 Å². The number of phenols is 2. The third kappa shape index (κ3) is 3.08. The Kier molecular flexibility index (Phi) is 4.10. The van der Waals surface area contributed by atoms with Gasteiger partial charge in [-0.2, -0.15) is 0 Å². The van der Waals surface area contributed by atoms with E-state index in [-0.39, 0.29) is 17.4 Å². The molecule has 0 bridgehead atoms. The fraction of sp³-hybridized carbons (Fsp3) is 0.278. The number of anilines is 1. The number of hydrogen-bond donors (Lipinski definition) is 2. The Morgan fingerprint density at radius 2 is 1.65 bits per heavy atom. The minimum absolute atomic E-state index is 0.0260. The molecule has 1 fully saturated rings. The lowest BCUT2D eigenvalue weighted by Crippen LogP contribution is -2.48. The predicted octanol–water partition coefficient (Wildman–Crippen LogP) is 2.37. The molecule has 23 heavy (non-hydrogen) atoms. The van der Waals surface area contributed by atoms with Gasteiger partial charge in [0.15, 0.2) is 0 Å². The Labute approximate surface area is 135 Å². The van der Waals surface area contributed by atoms with Crippen molar-refractivity contribution < 1.29 is 15.0 Å². The SMILES string of the molecule is Cc1ccc(C(=O)N2CCN(c3ccccc3O)CC2)c(O)c1. The van der Waals surface area contributed by atoms with Gasteiger partial charge in [-0.05, 0) is 36.8 Å². The van der Waals surface area contributed by atoms with Crippen molar-refractivity contribution in [2.45, 2.75) is 6.92 Å². The van der Waals surface area contributed by atoms with Gasteiger partial charge in [-0.3, -0.25) is 4.79 Å². The van der Waals surface area contributed by atoms with E-state index in [1.807, 2.05) is 25.1 Å². The van der Waals surface area contributed by atoms with Crippen molar-refractivity contribution in [3.63, 3.8) is 0 Å². The second-order valence-electron chi connectivity index (χ2n) is 5.79. The summed E-state index contributed by atoms with van der Waals surface area (Å²) in [7, 11) is 0. The monoisotopic (exact) mass is 312 g/mol. The molecule has 1 aliphatic rings. The van der Waals surface area contributed by atoms with Gasteiger partial charge in [0.1, 0.15) is 11.5 Å². The highest BCUT2D eigenvalue weighted by molar-refractivity contribution is 5.97. The fourth-order valence-electron chi connectivity index (χ4n) is 2.87. The van der Waals surface area contributed by atoms with Gasteiger partial charge in [0, 0.05) is 26.2 Å². The number of aromatic hydroxyl groups is 2.